The lowest BCUT2D eigenvalue weighted by Gasteiger charge is -2.37. The maximum absolute atomic E-state index is 12.9. The number of carboxylic acid groups (broad SMARTS) is 1. The molecule has 8 heteroatoms. The predicted molar refractivity (Wildman–Crippen MR) is 93.8 cm³/mol. The Morgan fingerprint density at radius 1 is 1.12 bits per heavy atom. The molecule has 0 radical (unpaired) electrons. The third-order valence-corrected chi connectivity index (χ3v) is 5.82. The van der Waals surface area contributed by atoms with Gasteiger partial charge in [0.15, 0.2) is 5.82 Å². The standard InChI is InChI=1S/C18H27N5O3/c24-15(25)11-23-8-2-1-5-14(18(23)26)22-9-3-4-13(10-22)17-19-16(20-21-17)12-6-7-12/h12-14H,1-11H2,(H,24,25)(H,19,20,21). The van der Waals surface area contributed by atoms with Crippen molar-refractivity contribution in [2.24, 2.45) is 0 Å². The average molecular weight is 361 g/mol. The lowest BCUT2D eigenvalue weighted by Crippen LogP contribution is -2.51. The fraction of sp³-hybridized carbons (Fsp3) is 0.778. The Labute approximate surface area is 153 Å². The van der Waals surface area contributed by atoms with Gasteiger partial charge in [0.2, 0.25) is 5.91 Å². The fourth-order valence-electron chi connectivity index (χ4n) is 4.25. The molecule has 1 saturated carbocycles. The van der Waals surface area contributed by atoms with E-state index in [-0.39, 0.29) is 24.4 Å². The topological polar surface area (TPSA) is 102 Å². The number of hydrogen-bond donors (Lipinski definition) is 2. The number of aliphatic carboxylic acids is 1. The Morgan fingerprint density at radius 3 is 2.73 bits per heavy atom. The monoisotopic (exact) mass is 361 g/mol. The molecular weight excluding hydrogens is 334 g/mol. The molecule has 3 heterocycles. The summed E-state index contributed by atoms with van der Waals surface area (Å²) in [5, 5.41) is 16.6. The third kappa shape index (κ3) is 3.75. The summed E-state index contributed by atoms with van der Waals surface area (Å²) in [4.78, 5) is 32.4. The zero-order valence-electron chi connectivity index (χ0n) is 15.1. The second-order valence-corrected chi connectivity index (χ2v) is 7.85. The Morgan fingerprint density at radius 2 is 1.96 bits per heavy atom. The van der Waals surface area contributed by atoms with Gasteiger partial charge in [-0.05, 0) is 51.5 Å². The minimum Gasteiger partial charge on any atom is -0.480 e. The number of carbonyl (C=O) groups is 2. The number of nitrogens with one attached hydrogen (secondary N) is 1. The maximum Gasteiger partial charge on any atom is 0.323 e. The van der Waals surface area contributed by atoms with E-state index in [0.29, 0.717) is 12.5 Å². The van der Waals surface area contributed by atoms with Crippen LogP contribution in [0.4, 0.5) is 0 Å². The fourth-order valence-corrected chi connectivity index (χ4v) is 4.25. The Hall–Kier alpha value is -1.96. The highest BCUT2D eigenvalue weighted by Gasteiger charge is 2.36. The van der Waals surface area contributed by atoms with E-state index in [0.717, 1.165) is 56.8 Å². The van der Waals surface area contributed by atoms with Gasteiger partial charge in [-0.15, -0.1) is 0 Å². The van der Waals surface area contributed by atoms with Gasteiger partial charge in [-0.25, -0.2) is 4.98 Å². The van der Waals surface area contributed by atoms with E-state index in [2.05, 4.69) is 15.1 Å². The lowest BCUT2D eigenvalue weighted by molar-refractivity contribution is -0.146. The molecule has 2 unspecified atom stereocenters. The molecule has 4 rings (SSSR count). The first kappa shape index (κ1) is 17.5. The molecule has 2 saturated heterocycles. The van der Waals surface area contributed by atoms with Gasteiger partial charge in [-0.1, -0.05) is 0 Å². The van der Waals surface area contributed by atoms with Gasteiger partial charge < -0.3 is 10.0 Å². The number of amides is 1. The molecule has 0 spiro atoms. The average Bonchev–Trinajstić information content (AvgIpc) is 3.39. The van der Waals surface area contributed by atoms with Gasteiger partial charge >= 0.3 is 5.97 Å². The van der Waals surface area contributed by atoms with Crippen molar-refractivity contribution < 1.29 is 14.7 Å². The van der Waals surface area contributed by atoms with Gasteiger partial charge in [-0.3, -0.25) is 19.6 Å². The van der Waals surface area contributed by atoms with E-state index in [1.165, 1.54) is 17.7 Å². The Kier molecular flexibility index (Phi) is 4.93. The van der Waals surface area contributed by atoms with Crippen molar-refractivity contribution in [1.29, 1.82) is 0 Å². The van der Waals surface area contributed by atoms with Crippen LogP contribution in [0.25, 0.3) is 0 Å². The van der Waals surface area contributed by atoms with Crippen molar-refractivity contribution in [1.82, 2.24) is 25.0 Å². The quantitative estimate of drug-likeness (QED) is 0.820. The molecule has 1 aromatic heterocycles. The number of piperidine rings is 1. The molecule has 1 aliphatic carbocycles. The number of nitrogens with zero attached hydrogens (tertiary/aromatic N) is 4. The van der Waals surface area contributed by atoms with Gasteiger partial charge in [0, 0.05) is 24.9 Å². The number of carbonyl (C=O) groups excluding carboxylic acids is 1. The largest absolute Gasteiger partial charge is 0.480 e. The van der Waals surface area contributed by atoms with Crippen LogP contribution in [0.2, 0.25) is 0 Å². The van der Waals surface area contributed by atoms with Crippen LogP contribution < -0.4 is 0 Å². The second kappa shape index (κ2) is 7.34. The number of hydrogen-bond acceptors (Lipinski definition) is 5. The molecule has 26 heavy (non-hydrogen) atoms. The van der Waals surface area contributed by atoms with Crippen LogP contribution in [0.3, 0.4) is 0 Å². The molecule has 8 nitrogen and oxygen atoms in total. The Balaban J connectivity index is 1.45. The highest BCUT2D eigenvalue weighted by Crippen LogP contribution is 2.38. The Bertz CT molecular complexity index is 672. The van der Waals surface area contributed by atoms with E-state index in [1.807, 2.05) is 0 Å². The summed E-state index contributed by atoms with van der Waals surface area (Å²) in [6, 6.07) is -0.207. The summed E-state index contributed by atoms with van der Waals surface area (Å²) in [6.45, 7) is 2.01. The number of aromatic nitrogens is 3. The van der Waals surface area contributed by atoms with Crippen molar-refractivity contribution in [2.45, 2.75) is 62.8 Å². The molecule has 0 aromatic carbocycles. The summed E-state index contributed by atoms with van der Waals surface area (Å²) in [5.74, 6) is 1.72. The lowest BCUT2D eigenvalue weighted by atomic mass is 9.95. The molecule has 142 valence electrons. The predicted octanol–water partition coefficient (Wildman–Crippen LogP) is 1.33. The third-order valence-electron chi connectivity index (χ3n) is 5.82. The molecule has 1 amide bonds. The number of rotatable bonds is 5. The molecule has 2 N–H and O–H groups in total. The smallest absolute Gasteiger partial charge is 0.323 e. The van der Waals surface area contributed by atoms with Crippen molar-refractivity contribution >= 4 is 11.9 Å². The van der Waals surface area contributed by atoms with E-state index < -0.39 is 5.97 Å². The highest BCUT2D eigenvalue weighted by molar-refractivity contribution is 5.85. The SMILES string of the molecule is O=C(O)CN1CCCCC(N2CCCC(c3n[nH]c(C4CC4)n3)C2)C1=O. The maximum atomic E-state index is 12.9. The van der Waals surface area contributed by atoms with Gasteiger partial charge in [0.05, 0.1) is 6.04 Å². The normalized spacial score (nSPS) is 28.2. The van der Waals surface area contributed by atoms with E-state index >= 15 is 0 Å². The van der Waals surface area contributed by atoms with Crippen molar-refractivity contribution in [3.8, 4) is 0 Å². The molecule has 0 bridgehead atoms. The zero-order valence-corrected chi connectivity index (χ0v) is 15.1. The van der Waals surface area contributed by atoms with Crippen molar-refractivity contribution in [3.63, 3.8) is 0 Å². The van der Waals surface area contributed by atoms with Crippen LogP contribution >= 0.6 is 0 Å². The first-order chi connectivity index (χ1) is 12.6. The van der Waals surface area contributed by atoms with Crippen LogP contribution in [0.15, 0.2) is 0 Å². The molecule has 2 atom stereocenters. The minimum atomic E-state index is -0.941. The van der Waals surface area contributed by atoms with Crippen LogP contribution in [-0.4, -0.2) is 74.2 Å². The highest BCUT2D eigenvalue weighted by atomic mass is 16.4. The molecule has 1 aromatic rings. The summed E-state index contributed by atoms with van der Waals surface area (Å²) in [5.41, 5.74) is 0. The number of likely N-dealkylation sites (tertiary alicyclic amines) is 2. The number of aromatic amines is 1. The van der Waals surface area contributed by atoms with Crippen LogP contribution in [-0.2, 0) is 9.59 Å². The van der Waals surface area contributed by atoms with Crippen LogP contribution in [0, 0.1) is 0 Å². The summed E-state index contributed by atoms with van der Waals surface area (Å²) in [6.07, 6.45) is 7.09. The first-order valence-electron chi connectivity index (χ1n) is 9.78. The van der Waals surface area contributed by atoms with Crippen molar-refractivity contribution in [3.05, 3.63) is 11.6 Å². The number of carboxylic acids is 1. The molecule has 2 aliphatic heterocycles. The van der Waals surface area contributed by atoms with Crippen molar-refractivity contribution in [2.75, 3.05) is 26.2 Å². The van der Waals surface area contributed by atoms with E-state index in [1.54, 1.807) is 0 Å². The van der Waals surface area contributed by atoms with Crippen LogP contribution in [0.5, 0.6) is 0 Å². The van der Waals surface area contributed by atoms with Gasteiger partial charge in [0.1, 0.15) is 12.4 Å². The summed E-state index contributed by atoms with van der Waals surface area (Å²) < 4.78 is 0. The van der Waals surface area contributed by atoms with Crippen LogP contribution in [0.1, 0.15) is 68.4 Å². The minimum absolute atomic E-state index is 0.0285. The second-order valence-electron chi connectivity index (χ2n) is 7.85. The number of H-pyrrole nitrogens is 1. The van der Waals surface area contributed by atoms with Gasteiger partial charge in [-0.2, -0.15) is 5.10 Å². The molecule has 3 aliphatic rings. The molecular formula is C18H27N5O3. The molecule has 3 fully saturated rings. The van der Waals surface area contributed by atoms with E-state index in [9.17, 15) is 9.59 Å². The summed E-state index contributed by atoms with van der Waals surface area (Å²) >= 11 is 0. The first-order valence-corrected chi connectivity index (χ1v) is 9.78. The van der Waals surface area contributed by atoms with E-state index in [4.69, 9.17) is 10.1 Å². The summed E-state index contributed by atoms with van der Waals surface area (Å²) in [7, 11) is 0. The zero-order chi connectivity index (χ0) is 18.1. The van der Waals surface area contributed by atoms with Gasteiger partial charge in [0.25, 0.3) is 0 Å².